The maximum absolute atomic E-state index is 13.0. The Kier molecular flexibility index (Phi) is 5.35. The van der Waals surface area contributed by atoms with Crippen LogP contribution in [0.4, 0.5) is 13.2 Å². The number of fused-ring (bicyclic) bond motifs is 1. The zero-order chi connectivity index (χ0) is 20.6. The zero-order valence-electron chi connectivity index (χ0n) is 15.9. The third kappa shape index (κ3) is 4.02. The van der Waals surface area contributed by atoms with Gasteiger partial charge in [0.1, 0.15) is 5.69 Å². The molecule has 1 amide bonds. The molecular weight excluding hydrogens is 401 g/mol. The Hall–Kier alpha value is -2.39. The van der Waals surface area contributed by atoms with E-state index in [0.29, 0.717) is 35.0 Å². The maximum Gasteiger partial charge on any atom is 0.416 e. The van der Waals surface area contributed by atoms with Crippen molar-refractivity contribution in [1.29, 1.82) is 0 Å². The number of nitrogens with zero attached hydrogens (tertiary/aromatic N) is 4. The second kappa shape index (κ2) is 7.79. The van der Waals surface area contributed by atoms with Crippen LogP contribution in [-0.4, -0.2) is 57.8 Å². The average Bonchev–Trinajstić information content (AvgIpc) is 3.28. The van der Waals surface area contributed by atoms with Gasteiger partial charge in [-0.15, -0.1) is 11.3 Å². The molecule has 2 aromatic heterocycles. The van der Waals surface area contributed by atoms with Crippen molar-refractivity contribution >= 4 is 22.2 Å². The molecule has 5 nitrogen and oxygen atoms in total. The number of carbonyl (C=O) groups is 1. The summed E-state index contributed by atoms with van der Waals surface area (Å²) in [6.07, 6.45) is -1.55. The molecule has 1 aliphatic rings. The van der Waals surface area contributed by atoms with Crippen LogP contribution in [0.15, 0.2) is 35.8 Å². The summed E-state index contributed by atoms with van der Waals surface area (Å²) in [6.45, 7) is 6.31. The first-order chi connectivity index (χ1) is 13.9. The van der Waals surface area contributed by atoms with Crippen LogP contribution in [0.25, 0.3) is 16.2 Å². The van der Waals surface area contributed by atoms with Crippen LogP contribution in [-0.2, 0) is 6.18 Å². The molecule has 0 unspecified atom stereocenters. The summed E-state index contributed by atoms with van der Waals surface area (Å²) in [7, 11) is 0. The molecule has 29 heavy (non-hydrogen) atoms. The predicted molar refractivity (Wildman–Crippen MR) is 106 cm³/mol. The highest BCUT2D eigenvalue weighted by Crippen LogP contribution is 2.31. The Morgan fingerprint density at radius 3 is 2.45 bits per heavy atom. The first-order valence-electron chi connectivity index (χ1n) is 9.52. The molecule has 0 saturated carbocycles. The number of benzene rings is 1. The Morgan fingerprint density at radius 2 is 1.83 bits per heavy atom. The fraction of sp³-hybridized carbons (Fsp3) is 0.400. The van der Waals surface area contributed by atoms with Gasteiger partial charge in [-0.3, -0.25) is 14.1 Å². The van der Waals surface area contributed by atoms with Gasteiger partial charge in [0.25, 0.3) is 5.91 Å². The Morgan fingerprint density at radius 1 is 1.14 bits per heavy atom. The number of aromatic nitrogens is 2. The largest absolute Gasteiger partial charge is 0.416 e. The normalized spacial score (nSPS) is 15.9. The summed E-state index contributed by atoms with van der Waals surface area (Å²) < 4.78 is 40.0. The van der Waals surface area contributed by atoms with E-state index in [1.807, 2.05) is 4.90 Å². The van der Waals surface area contributed by atoms with Crippen molar-refractivity contribution < 1.29 is 18.0 Å². The maximum atomic E-state index is 13.0. The van der Waals surface area contributed by atoms with Crippen LogP contribution in [0, 0.1) is 0 Å². The van der Waals surface area contributed by atoms with Gasteiger partial charge in [0.2, 0.25) is 0 Å². The van der Waals surface area contributed by atoms with Gasteiger partial charge in [-0.2, -0.15) is 13.2 Å². The lowest BCUT2D eigenvalue weighted by Crippen LogP contribution is -2.48. The smallest absolute Gasteiger partial charge is 0.335 e. The molecule has 0 N–H and O–H groups in total. The molecule has 1 aliphatic heterocycles. The van der Waals surface area contributed by atoms with Crippen molar-refractivity contribution in [2.24, 2.45) is 0 Å². The molecule has 1 fully saturated rings. The van der Waals surface area contributed by atoms with E-state index in [1.165, 1.54) is 23.5 Å². The first kappa shape index (κ1) is 19.9. The number of hydrogen-bond acceptors (Lipinski definition) is 4. The molecule has 3 aromatic rings. The van der Waals surface area contributed by atoms with Crippen molar-refractivity contribution in [3.63, 3.8) is 0 Å². The summed E-state index contributed by atoms with van der Waals surface area (Å²) in [5, 5.41) is 1.79. The fourth-order valence-corrected chi connectivity index (χ4v) is 4.41. The van der Waals surface area contributed by atoms with Crippen LogP contribution in [0.5, 0.6) is 0 Å². The van der Waals surface area contributed by atoms with Gasteiger partial charge >= 0.3 is 6.18 Å². The summed E-state index contributed by atoms with van der Waals surface area (Å²) in [4.78, 5) is 22.3. The number of piperazine rings is 1. The highest BCUT2D eigenvalue weighted by atomic mass is 32.1. The van der Waals surface area contributed by atoms with E-state index in [-0.39, 0.29) is 5.91 Å². The Labute approximate surface area is 170 Å². The van der Waals surface area contributed by atoms with Crippen LogP contribution >= 0.6 is 11.3 Å². The number of rotatable bonds is 4. The monoisotopic (exact) mass is 422 g/mol. The molecule has 3 heterocycles. The van der Waals surface area contributed by atoms with Crippen molar-refractivity contribution in [2.45, 2.75) is 19.5 Å². The van der Waals surface area contributed by atoms with Crippen molar-refractivity contribution in [3.05, 3.63) is 47.1 Å². The molecule has 0 atom stereocenters. The number of amides is 1. The molecule has 0 aliphatic carbocycles. The van der Waals surface area contributed by atoms with Crippen LogP contribution in [0.1, 0.15) is 29.4 Å². The van der Waals surface area contributed by atoms with Crippen molar-refractivity contribution in [2.75, 3.05) is 32.7 Å². The summed E-state index contributed by atoms with van der Waals surface area (Å²) >= 11 is 1.35. The number of thiazole rings is 1. The van der Waals surface area contributed by atoms with Crippen LogP contribution in [0.2, 0.25) is 0 Å². The molecule has 0 radical (unpaired) electrons. The summed E-state index contributed by atoms with van der Waals surface area (Å²) in [5.41, 5.74) is 0.979. The minimum absolute atomic E-state index is 0.0382. The van der Waals surface area contributed by atoms with Gasteiger partial charge in [-0.1, -0.05) is 19.1 Å². The van der Waals surface area contributed by atoms with E-state index in [0.717, 1.165) is 38.2 Å². The average molecular weight is 422 g/mol. The first-order valence-corrected chi connectivity index (χ1v) is 10.4. The summed E-state index contributed by atoms with van der Waals surface area (Å²) in [6, 6.07) is 4.91. The van der Waals surface area contributed by atoms with Gasteiger partial charge < -0.3 is 4.90 Å². The van der Waals surface area contributed by atoms with E-state index in [9.17, 15) is 18.0 Å². The molecular formula is C20H21F3N4OS. The summed E-state index contributed by atoms with van der Waals surface area (Å²) in [5.74, 6) is -0.0382. The molecule has 154 valence electrons. The third-order valence-corrected chi connectivity index (χ3v) is 5.98. The minimum atomic E-state index is -4.37. The zero-order valence-corrected chi connectivity index (χ0v) is 16.8. The van der Waals surface area contributed by atoms with E-state index in [4.69, 9.17) is 0 Å². The van der Waals surface area contributed by atoms with Crippen molar-refractivity contribution in [3.8, 4) is 11.3 Å². The lowest BCUT2D eigenvalue weighted by molar-refractivity contribution is -0.137. The van der Waals surface area contributed by atoms with Gasteiger partial charge in [-0.05, 0) is 25.1 Å². The predicted octanol–water partition coefficient (Wildman–Crippen LogP) is 4.25. The van der Waals surface area contributed by atoms with Gasteiger partial charge in [0, 0.05) is 43.3 Å². The number of carbonyl (C=O) groups excluding carboxylic acids is 1. The quantitative estimate of drug-likeness (QED) is 0.631. The third-order valence-electron chi connectivity index (χ3n) is 5.14. The van der Waals surface area contributed by atoms with Crippen LogP contribution in [0.3, 0.4) is 0 Å². The SMILES string of the molecule is CCCN1CCN(C(=O)c2csc3nc(-c4ccc(C(F)(F)F)cc4)cn23)CC1. The number of imidazole rings is 1. The van der Waals surface area contributed by atoms with E-state index in [2.05, 4.69) is 16.8 Å². The molecule has 4 rings (SSSR count). The topological polar surface area (TPSA) is 40.8 Å². The second-order valence-corrected chi connectivity index (χ2v) is 7.95. The fourth-order valence-electron chi connectivity index (χ4n) is 3.56. The molecule has 1 aromatic carbocycles. The number of halogens is 3. The Balaban J connectivity index is 1.54. The minimum Gasteiger partial charge on any atom is -0.335 e. The number of hydrogen-bond donors (Lipinski definition) is 0. The molecule has 1 saturated heterocycles. The lowest BCUT2D eigenvalue weighted by Gasteiger charge is -2.34. The highest BCUT2D eigenvalue weighted by molar-refractivity contribution is 7.15. The standard InChI is InChI=1S/C20H21F3N4OS/c1-2-7-25-8-10-26(11-9-25)18(28)17-13-29-19-24-16(12-27(17)19)14-3-5-15(6-4-14)20(21,22)23/h3-6,12-13H,2,7-11H2,1H3. The van der Waals surface area contributed by atoms with Crippen LogP contribution < -0.4 is 0 Å². The van der Waals surface area contributed by atoms with E-state index >= 15 is 0 Å². The van der Waals surface area contributed by atoms with Gasteiger partial charge in [0.05, 0.1) is 11.3 Å². The van der Waals surface area contributed by atoms with Gasteiger partial charge in [-0.25, -0.2) is 4.98 Å². The lowest BCUT2D eigenvalue weighted by atomic mass is 10.1. The molecule has 9 heteroatoms. The molecule has 0 bridgehead atoms. The highest BCUT2D eigenvalue weighted by Gasteiger charge is 2.30. The van der Waals surface area contributed by atoms with Crippen molar-refractivity contribution in [1.82, 2.24) is 19.2 Å². The Bertz CT molecular complexity index is 1000. The van der Waals surface area contributed by atoms with Gasteiger partial charge in [0.15, 0.2) is 4.96 Å². The second-order valence-electron chi connectivity index (χ2n) is 7.11. The van der Waals surface area contributed by atoms with E-state index in [1.54, 1.807) is 16.0 Å². The number of alkyl halides is 3. The molecule has 0 spiro atoms. The van der Waals surface area contributed by atoms with E-state index < -0.39 is 11.7 Å².